The van der Waals surface area contributed by atoms with Crippen molar-refractivity contribution in [3.63, 3.8) is 0 Å². The summed E-state index contributed by atoms with van der Waals surface area (Å²) in [6.45, 7) is 8.30. The summed E-state index contributed by atoms with van der Waals surface area (Å²) in [5, 5.41) is 4.36. The van der Waals surface area contributed by atoms with Gasteiger partial charge in [-0.25, -0.2) is 4.68 Å². The number of rotatable bonds is 6. The summed E-state index contributed by atoms with van der Waals surface area (Å²) in [6.07, 6.45) is 5.33. The van der Waals surface area contributed by atoms with Crippen molar-refractivity contribution in [2.24, 2.45) is 0 Å². The first-order chi connectivity index (χ1) is 10.9. The van der Waals surface area contributed by atoms with Crippen LogP contribution in [0.3, 0.4) is 0 Å². The molecule has 0 atom stereocenters. The second kappa shape index (κ2) is 6.41. The standard InChI is InChI=1S/C18H24N2O2Si/c1-23(2,3)9-8-22-13-20-12-16(11-19-20)15-5-4-14-6-7-18(21)17(14)10-15/h4-5,10-12H,6-9,13H2,1-3H3. The number of hydrogen-bond acceptors (Lipinski definition) is 3. The molecule has 122 valence electrons. The number of aryl methyl sites for hydroxylation is 1. The zero-order valence-corrected chi connectivity index (χ0v) is 15.1. The van der Waals surface area contributed by atoms with Crippen LogP contribution in [0, 0.1) is 0 Å². The predicted molar refractivity (Wildman–Crippen MR) is 94.4 cm³/mol. The maximum Gasteiger partial charge on any atom is 0.163 e. The van der Waals surface area contributed by atoms with E-state index >= 15 is 0 Å². The van der Waals surface area contributed by atoms with Gasteiger partial charge in [-0.2, -0.15) is 5.10 Å². The Morgan fingerprint density at radius 1 is 1.22 bits per heavy atom. The van der Waals surface area contributed by atoms with Gasteiger partial charge >= 0.3 is 0 Å². The van der Waals surface area contributed by atoms with Gasteiger partial charge in [0, 0.05) is 38.4 Å². The van der Waals surface area contributed by atoms with E-state index in [0.29, 0.717) is 13.2 Å². The average Bonchev–Trinajstić information content (AvgIpc) is 3.10. The molecule has 0 saturated heterocycles. The van der Waals surface area contributed by atoms with Crippen molar-refractivity contribution in [1.82, 2.24) is 9.78 Å². The number of fused-ring (bicyclic) bond motifs is 1. The lowest BCUT2D eigenvalue weighted by Crippen LogP contribution is -2.22. The Balaban J connectivity index is 1.63. The molecule has 0 radical (unpaired) electrons. The second-order valence-corrected chi connectivity index (χ2v) is 13.0. The number of carbonyl (C=O) groups is 1. The second-order valence-electron chi connectivity index (χ2n) is 7.41. The van der Waals surface area contributed by atoms with Crippen molar-refractivity contribution in [2.75, 3.05) is 6.61 Å². The highest BCUT2D eigenvalue weighted by molar-refractivity contribution is 6.76. The zero-order chi connectivity index (χ0) is 16.4. The molecule has 0 bridgehead atoms. The lowest BCUT2D eigenvalue weighted by molar-refractivity contribution is 0.0786. The van der Waals surface area contributed by atoms with Gasteiger partial charge in [0.25, 0.3) is 0 Å². The van der Waals surface area contributed by atoms with Gasteiger partial charge in [-0.15, -0.1) is 0 Å². The fraction of sp³-hybridized carbons (Fsp3) is 0.444. The van der Waals surface area contributed by atoms with Crippen LogP contribution in [-0.4, -0.2) is 30.2 Å². The maximum absolute atomic E-state index is 11.9. The SMILES string of the molecule is C[Si](C)(C)CCOCn1cc(-c2ccc3c(c2)C(=O)CC3)cn1. The normalized spacial score (nSPS) is 14.3. The van der Waals surface area contributed by atoms with Gasteiger partial charge in [0.2, 0.25) is 0 Å². The van der Waals surface area contributed by atoms with Gasteiger partial charge < -0.3 is 4.74 Å². The van der Waals surface area contributed by atoms with Gasteiger partial charge in [-0.3, -0.25) is 4.79 Å². The molecule has 0 spiro atoms. The third-order valence-electron chi connectivity index (χ3n) is 4.22. The minimum absolute atomic E-state index is 0.254. The van der Waals surface area contributed by atoms with Crippen LogP contribution < -0.4 is 0 Å². The number of aromatic nitrogens is 2. The highest BCUT2D eigenvalue weighted by Gasteiger charge is 2.19. The number of nitrogens with zero attached hydrogens (tertiary/aromatic N) is 2. The van der Waals surface area contributed by atoms with Crippen molar-refractivity contribution in [3.8, 4) is 11.1 Å². The first-order valence-electron chi connectivity index (χ1n) is 8.19. The van der Waals surface area contributed by atoms with E-state index in [1.54, 1.807) is 0 Å². The number of hydrogen-bond donors (Lipinski definition) is 0. The smallest absolute Gasteiger partial charge is 0.163 e. The lowest BCUT2D eigenvalue weighted by atomic mass is 10.0. The van der Waals surface area contributed by atoms with Crippen LogP contribution in [0.25, 0.3) is 11.1 Å². The van der Waals surface area contributed by atoms with Crippen LogP contribution in [-0.2, 0) is 17.9 Å². The van der Waals surface area contributed by atoms with Crippen LogP contribution in [0.5, 0.6) is 0 Å². The van der Waals surface area contributed by atoms with Crippen LogP contribution >= 0.6 is 0 Å². The molecule has 0 unspecified atom stereocenters. The summed E-state index contributed by atoms with van der Waals surface area (Å²) in [4.78, 5) is 11.9. The van der Waals surface area contributed by atoms with E-state index in [1.165, 1.54) is 5.56 Å². The molecule has 1 aromatic heterocycles. The van der Waals surface area contributed by atoms with Gasteiger partial charge in [0.1, 0.15) is 6.73 Å². The highest BCUT2D eigenvalue weighted by atomic mass is 28.3. The number of carbonyl (C=O) groups excluding carboxylic acids is 1. The van der Waals surface area contributed by atoms with Gasteiger partial charge in [0.15, 0.2) is 5.78 Å². The molecule has 1 aliphatic carbocycles. The van der Waals surface area contributed by atoms with E-state index in [4.69, 9.17) is 4.74 Å². The fourth-order valence-electron chi connectivity index (χ4n) is 2.74. The molecule has 3 rings (SSSR count). The number of benzene rings is 1. The van der Waals surface area contributed by atoms with Crippen molar-refractivity contribution >= 4 is 13.9 Å². The first-order valence-corrected chi connectivity index (χ1v) is 11.9. The van der Waals surface area contributed by atoms with Crippen LogP contribution in [0.4, 0.5) is 0 Å². The highest BCUT2D eigenvalue weighted by Crippen LogP contribution is 2.27. The lowest BCUT2D eigenvalue weighted by Gasteiger charge is -2.15. The van der Waals surface area contributed by atoms with Crippen LogP contribution in [0.15, 0.2) is 30.6 Å². The summed E-state index contributed by atoms with van der Waals surface area (Å²) in [5.74, 6) is 0.254. The quantitative estimate of drug-likeness (QED) is 0.595. The van der Waals surface area contributed by atoms with Crippen LogP contribution in [0.2, 0.25) is 25.7 Å². The van der Waals surface area contributed by atoms with E-state index in [-0.39, 0.29) is 5.78 Å². The Bertz CT molecular complexity index is 716. The predicted octanol–water partition coefficient (Wildman–Crippen LogP) is 3.99. The van der Waals surface area contributed by atoms with Gasteiger partial charge in [-0.05, 0) is 29.7 Å². The van der Waals surface area contributed by atoms with Gasteiger partial charge in [-0.1, -0.05) is 31.8 Å². The van der Waals surface area contributed by atoms with E-state index in [0.717, 1.165) is 35.8 Å². The molecule has 0 saturated carbocycles. The molecule has 23 heavy (non-hydrogen) atoms. The monoisotopic (exact) mass is 328 g/mol. The largest absolute Gasteiger partial charge is 0.360 e. The molecule has 5 heteroatoms. The number of ether oxygens (including phenoxy) is 1. The molecule has 1 aliphatic rings. The molecular weight excluding hydrogens is 304 g/mol. The molecule has 1 heterocycles. The zero-order valence-electron chi connectivity index (χ0n) is 14.1. The van der Waals surface area contributed by atoms with Crippen molar-refractivity contribution < 1.29 is 9.53 Å². The molecule has 0 aliphatic heterocycles. The Labute approximate surface area is 138 Å². The van der Waals surface area contributed by atoms with E-state index in [1.807, 2.05) is 23.1 Å². The molecule has 4 nitrogen and oxygen atoms in total. The molecule has 0 amide bonds. The Morgan fingerprint density at radius 2 is 2.04 bits per heavy atom. The molecule has 2 aromatic rings. The minimum Gasteiger partial charge on any atom is -0.360 e. The van der Waals surface area contributed by atoms with Crippen molar-refractivity contribution in [1.29, 1.82) is 0 Å². The topological polar surface area (TPSA) is 44.1 Å². The Hall–Kier alpha value is -1.72. The van der Waals surface area contributed by atoms with E-state index in [9.17, 15) is 4.79 Å². The van der Waals surface area contributed by atoms with E-state index < -0.39 is 8.07 Å². The van der Waals surface area contributed by atoms with Crippen LogP contribution in [0.1, 0.15) is 22.3 Å². The summed E-state index contributed by atoms with van der Waals surface area (Å²) in [7, 11) is -1.05. The summed E-state index contributed by atoms with van der Waals surface area (Å²) >= 11 is 0. The third kappa shape index (κ3) is 3.98. The summed E-state index contributed by atoms with van der Waals surface area (Å²) < 4.78 is 7.53. The van der Waals surface area contributed by atoms with Gasteiger partial charge in [0.05, 0.1) is 6.20 Å². The molecule has 0 fully saturated rings. The third-order valence-corrected chi connectivity index (χ3v) is 5.92. The van der Waals surface area contributed by atoms with Crippen molar-refractivity contribution in [3.05, 3.63) is 41.7 Å². The fourth-order valence-corrected chi connectivity index (χ4v) is 3.49. The first kappa shape index (κ1) is 16.1. The Morgan fingerprint density at radius 3 is 2.83 bits per heavy atom. The summed E-state index contributed by atoms with van der Waals surface area (Å²) in [5.41, 5.74) is 4.12. The molecule has 1 aromatic carbocycles. The molecular formula is C18H24N2O2Si. The summed E-state index contributed by atoms with van der Waals surface area (Å²) in [6, 6.07) is 7.30. The van der Waals surface area contributed by atoms with E-state index in [2.05, 4.69) is 36.9 Å². The van der Waals surface area contributed by atoms with Crippen molar-refractivity contribution in [2.45, 2.75) is 45.3 Å². The molecule has 0 N–H and O–H groups in total. The number of ketones is 1. The average molecular weight is 328 g/mol. The maximum atomic E-state index is 11.9. The Kier molecular flexibility index (Phi) is 4.50. The number of Topliss-reactive ketones (excluding diaryl/α,β-unsaturated/α-hetero) is 1. The minimum atomic E-state index is -1.05.